The average Bonchev–Trinajstić information content (AvgIpc) is 2.83. The molecule has 0 atom stereocenters. The van der Waals surface area contributed by atoms with Crippen molar-refractivity contribution in [1.82, 2.24) is 0 Å². The van der Waals surface area contributed by atoms with Crippen molar-refractivity contribution < 1.29 is 9.68 Å². The van der Waals surface area contributed by atoms with Crippen molar-refractivity contribution in [3.63, 3.8) is 0 Å². The van der Waals surface area contributed by atoms with Gasteiger partial charge in [0.05, 0.1) is 8.07 Å². The molecule has 0 saturated heterocycles. The summed E-state index contributed by atoms with van der Waals surface area (Å²) in [7, 11) is -2.49. The zero-order chi connectivity index (χ0) is 24.2. The summed E-state index contributed by atoms with van der Waals surface area (Å²) in [6, 6.07) is 17.8. The fourth-order valence-corrected chi connectivity index (χ4v) is 14.9. The molecular formula is C31H43BO2Si. The highest BCUT2D eigenvalue weighted by Gasteiger charge is 2.53. The van der Waals surface area contributed by atoms with Crippen LogP contribution in [0.3, 0.4) is 0 Å². The first kappa shape index (κ1) is 23.9. The molecule has 2 aromatic carbocycles. The van der Waals surface area contributed by atoms with Gasteiger partial charge in [-0.05, 0) is 72.8 Å². The van der Waals surface area contributed by atoms with Gasteiger partial charge in [-0.2, -0.15) is 0 Å². The van der Waals surface area contributed by atoms with Crippen LogP contribution in [0.2, 0.25) is 18.1 Å². The monoisotopic (exact) mass is 486 g/mol. The molecule has 35 heavy (non-hydrogen) atoms. The second kappa shape index (κ2) is 9.10. The van der Waals surface area contributed by atoms with Gasteiger partial charge in [-0.3, -0.25) is 0 Å². The van der Waals surface area contributed by atoms with E-state index in [4.69, 9.17) is 4.65 Å². The van der Waals surface area contributed by atoms with Crippen LogP contribution in [0.5, 0.6) is 5.75 Å². The summed E-state index contributed by atoms with van der Waals surface area (Å²) in [5, 5.41) is 12.8. The van der Waals surface area contributed by atoms with Crippen LogP contribution in [0, 0.1) is 17.8 Å². The number of hydrogen-bond donors (Lipinski definition) is 1. The Balaban J connectivity index is 1.59. The molecule has 0 amide bonds. The summed E-state index contributed by atoms with van der Waals surface area (Å²) in [5.41, 5.74) is 5.14. The van der Waals surface area contributed by atoms with E-state index in [1.807, 2.05) is 6.07 Å². The third-order valence-electron chi connectivity index (χ3n) is 10.2. The van der Waals surface area contributed by atoms with Crippen LogP contribution >= 0.6 is 0 Å². The molecule has 0 spiro atoms. The lowest BCUT2D eigenvalue weighted by atomic mass is 9.47. The normalized spacial score (nSPS) is 28.6. The molecule has 2 nitrogen and oxygen atoms in total. The summed E-state index contributed by atoms with van der Waals surface area (Å²) >= 11 is 0. The third kappa shape index (κ3) is 3.85. The van der Waals surface area contributed by atoms with E-state index in [-0.39, 0.29) is 5.41 Å². The second-order valence-electron chi connectivity index (χ2n) is 12.7. The van der Waals surface area contributed by atoms with Gasteiger partial charge in [-0.15, -0.1) is 0 Å². The van der Waals surface area contributed by atoms with Crippen LogP contribution in [-0.4, -0.2) is 20.2 Å². The summed E-state index contributed by atoms with van der Waals surface area (Å²) < 4.78 is 6.50. The van der Waals surface area contributed by atoms with Crippen LogP contribution in [0.25, 0.3) is 11.1 Å². The first-order valence-corrected chi connectivity index (χ1v) is 17.3. The Morgan fingerprint density at radius 2 is 1.43 bits per heavy atom. The number of fused-ring (bicyclic) bond motifs is 3. The lowest BCUT2D eigenvalue weighted by Gasteiger charge is -2.57. The van der Waals surface area contributed by atoms with Crippen LogP contribution in [-0.2, 0) is 5.41 Å². The van der Waals surface area contributed by atoms with Crippen molar-refractivity contribution in [1.29, 1.82) is 0 Å². The van der Waals surface area contributed by atoms with E-state index in [1.54, 1.807) is 5.19 Å². The number of benzene rings is 2. The van der Waals surface area contributed by atoms with E-state index in [0.29, 0.717) is 0 Å². The number of rotatable bonds is 8. The molecule has 4 aliphatic carbocycles. The largest absolute Gasteiger partial charge is 0.560 e. The van der Waals surface area contributed by atoms with Crippen molar-refractivity contribution in [3.05, 3.63) is 42.0 Å². The zero-order valence-electron chi connectivity index (χ0n) is 22.1. The van der Waals surface area contributed by atoms with Gasteiger partial charge in [0, 0.05) is 11.0 Å². The maximum absolute atomic E-state index is 11.1. The van der Waals surface area contributed by atoms with Gasteiger partial charge in [0.15, 0.2) is 0 Å². The summed E-state index contributed by atoms with van der Waals surface area (Å²) in [6.07, 6.45) is 12.2. The zero-order valence-corrected chi connectivity index (χ0v) is 23.1. The van der Waals surface area contributed by atoms with E-state index in [1.165, 1.54) is 92.6 Å². The third-order valence-corrected chi connectivity index (χ3v) is 16.1. The highest BCUT2D eigenvalue weighted by atomic mass is 28.3. The van der Waals surface area contributed by atoms with E-state index in [9.17, 15) is 5.02 Å². The Bertz CT molecular complexity index is 1040. The Morgan fingerprint density at radius 1 is 0.857 bits per heavy atom. The molecule has 0 radical (unpaired) electrons. The van der Waals surface area contributed by atoms with Gasteiger partial charge in [-0.25, -0.2) is 0 Å². The highest BCUT2D eigenvalue weighted by Crippen LogP contribution is 2.62. The average molecular weight is 487 g/mol. The number of hydrogen-bond acceptors (Lipinski definition) is 2. The van der Waals surface area contributed by atoms with Crippen molar-refractivity contribution in [2.24, 2.45) is 17.8 Å². The minimum Gasteiger partial charge on any atom is -0.532 e. The molecule has 2 aromatic rings. The van der Waals surface area contributed by atoms with Crippen LogP contribution in [0.1, 0.15) is 84.1 Å². The standard InChI is InChI=1S/C31H43BO2Si/c1-4-11-35(12-5-2,13-6-3)25-17-27-26-9-7-8-10-29(26)32(33)34-30(27)28(18-25)31-19-22-14-23(20-31)16-24(15-22)21-31/h7-10,17-18,22-24,33H,4-6,11-16,19-21H2,1-3H3. The molecular weight excluding hydrogens is 443 g/mol. The van der Waals surface area contributed by atoms with Gasteiger partial charge < -0.3 is 9.68 Å². The lowest BCUT2D eigenvalue weighted by Crippen LogP contribution is -2.52. The van der Waals surface area contributed by atoms with Crippen molar-refractivity contribution in [2.75, 3.05) is 0 Å². The van der Waals surface area contributed by atoms with Crippen LogP contribution in [0.4, 0.5) is 0 Å². The summed E-state index contributed by atoms with van der Waals surface area (Å²) in [6.45, 7) is 7.17. The Kier molecular flexibility index (Phi) is 6.20. The topological polar surface area (TPSA) is 29.5 Å². The smallest absolute Gasteiger partial charge is 0.532 e. The van der Waals surface area contributed by atoms with Gasteiger partial charge in [0.25, 0.3) is 0 Å². The second-order valence-corrected chi connectivity index (χ2v) is 17.3. The molecule has 1 N–H and O–H groups in total. The highest BCUT2D eigenvalue weighted by molar-refractivity contribution is 6.92. The molecule has 186 valence electrons. The molecule has 0 unspecified atom stereocenters. The summed E-state index contributed by atoms with van der Waals surface area (Å²) in [5.74, 6) is 3.70. The van der Waals surface area contributed by atoms with E-state index in [2.05, 4.69) is 51.1 Å². The van der Waals surface area contributed by atoms with Gasteiger partial charge in [0.2, 0.25) is 0 Å². The lowest BCUT2D eigenvalue weighted by molar-refractivity contribution is -0.00581. The minimum absolute atomic E-state index is 0.256. The molecule has 1 aliphatic heterocycles. The first-order chi connectivity index (χ1) is 17.0. The fraction of sp³-hybridized carbons (Fsp3) is 0.613. The molecule has 0 aromatic heterocycles. The Morgan fingerprint density at radius 3 is 2.00 bits per heavy atom. The van der Waals surface area contributed by atoms with Gasteiger partial charge >= 0.3 is 7.12 Å². The fourth-order valence-electron chi connectivity index (χ4n) is 9.47. The minimum atomic E-state index is -1.63. The van der Waals surface area contributed by atoms with Crippen LogP contribution in [0.15, 0.2) is 36.4 Å². The molecule has 5 aliphatic rings. The Hall–Kier alpha value is -1.52. The predicted molar refractivity (Wildman–Crippen MR) is 151 cm³/mol. The van der Waals surface area contributed by atoms with Crippen LogP contribution < -0.4 is 15.3 Å². The van der Waals surface area contributed by atoms with Crippen molar-refractivity contribution >= 4 is 25.8 Å². The maximum Gasteiger partial charge on any atom is 0.560 e. The quantitative estimate of drug-likeness (QED) is 0.417. The summed E-state index contributed by atoms with van der Waals surface area (Å²) in [4.78, 5) is 0. The maximum atomic E-state index is 11.1. The van der Waals surface area contributed by atoms with E-state index < -0.39 is 15.2 Å². The van der Waals surface area contributed by atoms with Gasteiger partial charge in [0.1, 0.15) is 5.75 Å². The van der Waals surface area contributed by atoms with E-state index >= 15 is 0 Å². The molecule has 4 saturated carbocycles. The molecule has 1 heterocycles. The predicted octanol–water partition coefficient (Wildman–Crippen LogP) is 6.79. The first-order valence-electron chi connectivity index (χ1n) is 14.6. The Labute approximate surface area is 214 Å². The molecule has 4 fully saturated rings. The van der Waals surface area contributed by atoms with Crippen molar-refractivity contribution in [3.8, 4) is 16.9 Å². The van der Waals surface area contributed by atoms with Gasteiger partial charge in [-0.1, -0.05) is 99.8 Å². The van der Waals surface area contributed by atoms with Crippen molar-refractivity contribution in [2.45, 2.75) is 102 Å². The SMILES string of the molecule is CCC[Si](CCC)(CCC)c1cc2c(c(C34CC5CC(CC(C5)C3)C4)c1)OB(O)c1ccccc1-2. The molecule has 4 bridgehead atoms. The molecule has 7 rings (SSSR count). The molecule has 4 heteroatoms. The van der Waals surface area contributed by atoms with E-state index in [0.717, 1.165) is 29.0 Å².